The predicted octanol–water partition coefficient (Wildman–Crippen LogP) is 6.09. The van der Waals surface area contributed by atoms with Crippen molar-refractivity contribution >= 4 is 31.9 Å². The fourth-order valence-corrected chi connectivity index (χ4v) is 3.50. The van der Waals surface area contributed by atoms with Gasteiger partial charge in [0.05, 0.1) is 6.61 Å². The van der Waals surface area contributed by atoms with Crippen LogP contribution in [0.2, 0.25) is 0 Å². The summed E-state index contributed by atoms with van der Waals surface area (Å²) in [5, 5.41) is 0.791. The fraction of sp³-hybridized carbons (Fsp3) is 0.600. The molecular formula is C15H20Br2F2O. The molecule has 0 spiro atoms. The summed E-state index contributed by atoms with van der Waals surface area (Å²) in [4.78, 5) is 0. The third kappa shape index (κ3) is 4.69. The molecule has 0 saturated heterocycles. The molecule has 0 atom stereocenters. The summed E-state index contributed by atoms with van der Waals surface area (Å²) >= 11 is 6.69. The minimum absolute atomic E-state index is 0.0330. The summed E-state index contributed by atoms with van der Waals surface area (Å²) in [6, 6.07) is 2.56. The highest BCUT2D eigenvalue weighted by molar-refractivity contribution is 9.10. The average Bonchev–Trinajstić information content (AvgIpc) is 2.41. The van der Waals surface area contributed by atoms with Crippen molar-refractivity contribution < 1.29 is 13.5 Å². The second-order valence-electron chi connectivity index (χ2n) is 5.12. The lowest BCUT2D eigenvalue weighted by Crippen LogP contribution is -2.30. The molecule has 0 radical (unpaired) electrons. The van der Waals surface area contributed by atoms with Crippen LogP contribution in [-0.2, 0) is 0 Å². The topological polar surface area (TPSA) is 9.23 Å². The van der Waals surface area contributed by atoms with Crippen molar-refractivity contribution in [3.8, 4) is 5.75 Å². The van der Waals surface area contributed by atoms with Crippen LogP contribution in [0, 0.1) is 17.0 Å². The Morgan fingerprint density at radius 1 is 1.15 bits per heavy atom. The van der Waals surface area contributed by atoms with E-state index in [9.17, 15) is 8.78 Å². The molecule has 5 heteroatoms. The summed E-state index contributed by atoms with van der Waals surface area (Å²) in [5.41, 5.74) is -0.0330. The molecule has 1 aromatic rings. The van der Waals surface area contributed by atoms with Crippen LogP contribution in [0.15, 0.2) is 16.6 Å². The van der Waals surface area contributed by atoms with Crippen molar-refractivity contribution in [1.29, 1.82) is 0 Å². The van der Waals surface area contributed by atoms with Gasteiger partial charge < -0.3 is 4.74 Å². The van der Waals surface area contributed by atoms with Crippen LogP contribution in [0.4, 0.5) is 8.78 Å². The predicted molar refractivity (Wildman–Crippen MR) is 85.6 cm³/mol. The largest absolute Gasteiger partial charge is 0.490 e. The number of halogens is 4. The molecule has 0 aliphatic carbocycles. The van der Waals surface area contributed by atoms with Gasteiger partial charge in [-0.15, -0.1) is 0 Å². The molecule has 0 aliphatic rings. The van der Waals surface area contributed by atoms with E-state index < -0.39 is 11.6 Å². The first-order chi connectivity index (χ1) is 9.48. The molecule has 20 heavy (non-hydrogen) atoms. The SMILES string of the molecule is CCCC(CBr)(CCC)COc1cc(Br)cc(F)c1F. The minimum Gasteiger partial charge on any atom is -0.490 e. The molecule has 0 bridgehead atoms. The van der Waals surface area contributed by atoms with Crippen LogP contribution < -0.4 is 4.74 Å². The van der Waals surface area contributed by atoms with Gasteiger partial charge in [-0.3, -0.25) is 0 Å². The maximum Gasteiger partial charge on any atom is 0.200 e. The molecule has 1 aromatic carbocycles. The highest BCUT2D eigenvalue weighted by Gasteiger charge is 2.29. The average molecular weight is 414 g/mol. The van der Waals surface area contributed by atoms with E-state index in [2.05, 4.69) is 45.7 Å². The van der Waals surface area contributed by atoms with Crippen molar-refractivity contribution in [2.45, 2.75) is 39.5 Å². The van der Waals surface area contributed by atoms with Gasteiger partial charge in [0.1, 0.15) is 0 Å². The fourth-order valence-electron chi connectivity index (χ4n) is 2.37. The van der Waals surface area contributed by atoms with Gasteiger partial charge in [0, 0.05) is 15.2 Å². The van der Waals surface area contributed by atoms with Crippen molar-refractivity contribution in [3.63, 3.8) is 0 Å². The molecular weight excluding hydrogens is 394 g/mol. The van der Waals surface area contributed by atoms with Crippen LogP contribution >= 0.6 is 31.9 Å². The Labute approximate surface area is 136 Å². The number of rotatable bonds is 8. The van der Waals surface area contributed by atoms with Crippen LogP contribution in [-0.4, -0.2) is 11.9 Å². The quantitative estimate of drug-likeness (QED) is 0.370. The zero-order valence-electron chi connectivity index (χ0n) is 11.8. The van der Waals surface area contributed by atoms with E-state index >= 15 is 0 Å². The van der Waals surface area contributed by atoms with Crippen LogP contribution in [0.1, 0.15) is 39.5 Å². The van der Waals surface area contributed by atoms with Gasteiger partial charge >= 0.3 is 0 Å². The van der Waals surface area contributed by atoms with E-state index in [1.807, 2.05) is 0 Å². The maximum atomic E-state index is 13.7. The maximum absolute atomic E-state index is 13.7. The standard InChI is InChI=1S/C15H20Br2F2O/c1-3-5-15(9-16,6-4-2)10-20-13-8-11(17)7-12(18)14(13)19/h7-8H,3-6,9-10H2,1-2H3. The first-order valence-corrected chi connectivity index (χ1v) is 8.72. The summed E-state index contributed by atoms with van der Waals surface area (Å²) in [6.07, 6.45) is 4.04. The molecule has 0 fully saturated rings. The molecule has 0 unspecified atom stereocenters. The Balaban J connectivity index is 2.87. The summed E-state index contributed by atoms with van der Waals surface area (Å²) < 4.78 is 33.1. The lowest BCUT2D eigenvalue weighted by molar-refractivity contribution is 0.139. The lowest BCUT2D eigenvalue weighted by atomic mass is 9.82. The van der Waals surface area contributed by atoms with Gasteiger partial charge in [-0.25, -0.2) is 4.39 Å². The highest BCUT2D eigenvalue weighted by atomic mass is 79.9. The van der Waals surface area contributed by atoms with E-state index in [-0.39, 0.29) is 11.2 Å². The van der Waals surface area contributed by atoms with Gasteiger partial charge in [-0.2, -0.15) is 4.39 Å². The molecule has 0 aliphatic heterocycles. The number of benzene rings is 1. The van der Waals surface area contributed by atoms with Crippen LogP contribution in [0.3, 0.4) is 0 Å². The van der Waals surface area contributed by atoms with Gasteiger partial charge in [0.2, 0.25) is 5.82 Å². The van der Waals surface area contributed by atoms with Crippen molar-refractivity contribution in [3.05, 3.63) is 28.2 Å². The van der Waals surface area contributed by atoms with Crippen molar-refractivity contribution in [2.24, 2.45) is 5.41 Å². The van der Waals surface area contributed by atoms with Crippen LogP contribution in [0.25, 0.3) is 0 Å². The normalized spacial score (nSPS) is 11.7. The Kier molecular flexibility index (Phi) is 7.45. The first kappa shape index (κ1) is 17.9. The first-order valence-electron chi connectivity index (χ1n) is 6.81. The van der Waals surface area contributed by atoms with E-state index in [1.54, 1.807) is 0 Å². The molecule has 0 heterocycles. The smallest absolute Gasteiger partial charge is 0.200 e. The third-order valence-electron chi connectivity index (χ3n) is 3.34. The van der Waals surface area contributed by atoms with E-state index in [4.69, 9.17) is 4.74 Å². The van der Waals surface area contributed by atoms with Crippen molar-refractivity contribution in [1.82, 2.24) is 0 Å². The van der Waals surface area contributed by atoms with E-state index in [1.165, 1.54) is 6.07 Å². The van der Waals surface area contributed by atoms with E-state index in [0.29, 0.717) is 11.1 Å². The zero-order chi connectivity index (χ0) is 15.2. The second-order valence-corrected chi connectivity index (χ2v) is 6.60. The molecule has 114 valence electrons. The molecule has 0 saturated carbocycles. The lowest BCUT2D eigenvalue weighted by Gasteiger charge is -2.31. The second kappa shape index (κ2) is 8.32. The van der Waals surface area contributed by atoms with Crippen molar-refractivity contribution in [2.75, 3.05) is 11.9 Å². The molecule has 0 amide bonds. The number of hydrogen-bond acceptors (Lipinski definition) is 1. The molecule has 1 rings (SSSR count). The minimum atomic E-state index is -0.926. The van der Waals surface area contributed by atoms with Gasteiger partial charge in [0.25, 0.3) is 0 Å². The number of hydrogen-bond donors (Lipinski definition) is 0. The Hall–Kier alpha value is -0.160. The van der Waals surface area contributed by atoms with E-state index in [0.717, 1.165) is 37.1 Å². The highest BCUT2D eigenvalue weighted by Crippen LogP contribution is 2.34. The third-order valence-corrected chi connectivity index (χ3v) is 4.98. The molecule has 0 N–H and O–H groups in total. The molecule has 0 aromatic heterocycles. The van der Waals surface area contributed by atoms with Gasteiger partial charge in [0.15, 0.2) is 11.6 Å². The summed E-state index contributed by atoms with van der Waals surface area (Å²) in [7, 11) is 0. The Morgan fingerprint density at radius 3 is 2.25 bits per heavy atom. The van der Waals surface area contributed by atoms with Crippen LogP contribution in [0.5, 0.6) is 5.75 Å². The summed E-state index contributed by atoms with van der Waals surface area (Å²) in [5.74, 6) is -1.86. The number of ether oxygens (including phenoxy) is 1. The van der Waals surface area contributed by atoms with Gasteiger partial charge in [-0.1, -0.05) is 58.5 Å². The summed E-state index contributed by atoms with van der Waals surface area (Å²) in [6.45, 7) is 4.62. The zero-order valence-corrected chi connectivity index (χ0v) is 15.0. The molecule has 1 nitrogen and oxygen atoms in total. The monoisotopic (exact) mass is 412 g/mol. The Morgan fingerprint density at radius 2 is 1.75 bits per heavy atom. The number of alkyl halides is 1. The van der Waals surface area contributed by atoms with Gasteiger partial charge in [-0.05, 0) is 25.0 Å². The Bertz CT molecular complexity index is 432.